The largest absolute Gasteiger partial charge is 0.514 e. The van der Waals surface area contributed by atoms with E-state index in [1.807, 2.05) is 58.8 Å². The molecule has 4 nitrogen and oxygen atoms in total. The molecule has 2 heterocycles. The molecule has 1 aliphatic heterocycles. The molecule has 1 aromatic heterocycles. The summed E-state index contributed by atoms with van der Waals surface area (Å²) in [5.41, 5.74) is 1.26. The highest BCUT2D eigenvalue weighted by molar-refractivity contribution is 6.61. The lowest BCUT2D eigenvalue weighted by Crippen LogP contribution is -2.41. The molecular weight excluding hydrogens is 227 g/mol. The number of pyridine rings is 1. The van der Waals surface area contributed by atoms with Crippen LogP contribution >= 0.6 is 0 Å². The van der Waals surface area contributed by atoms with Gasteiger partial charge in [-0.25, -0.2) is 0 Å². The maximum Gasteiger partial charge on any atom is 0.514 e. The molecule has 18 heavy (non-hydrogen) atoms. The normalized spacial score (nSPS) is 21.1. The Hall–Kier alpha value is -1.07. The summed E-state index contributed by atoms with van der Waals surface area (Å²) in [6, 6.07) is 3.97. The molecule has 0 N–H and O–H groups in total. The van der Waals surface area contributed by atoms with Crippen molar-refractivity contribution in [3.63, 3.8) is 0 Å². The standard InChI is InChI=1S/C13H21BN2O2/c1-12(2)13(3,4)18-14(17-12)11-9-10(16(5)6)7-8-15-11/h7-9H,1-6H3. The van der Waals surface area contributed by atoms with E-state index in [4.69, 9.17) is 9.31 Å². The van der Waals surface area contributed by atoms with Gasteiger partial charge in [0.15, 0.2) is 0 Å². The lowest BCUT2D eigenvalue weighted by molar-refractivity contribution is 0.00578. The minimum Gasteiger partial charge on any atom is -0.398 e. The van der Waals surface area contributed by atoms with Gasteiger partial charge in [0.05, 0.1) is 16.8 Å². The van der Waals surface area contributed by atoms with Crippen LogP contribution in [0.5, 0.6) is 0 Å². The molecule has 0 bridgehead atoms. The zero-order chi connectivity index (χ0) is 13.6. The van der Waals surface area contributed by atoms with Gasteiger partial charge in [0.1, 0.15) is 0 Å². The fraction of sp³-hybridized carbons (Fsp3) is 0.615. The number of aromatic nitrogens is 1. The summed E-state index contributed by atoms with van der Waals surface area (Å²) >= 11 is 0. The van der Waals surface area contributed by atoms with Crippen LogP contribution in [0.1, 0.15) is 27.7 Å². The molecule has 0 amide bonds. The first-order chi connectivity index (χ1) is 8.23. The average Bonchev–Trinajstić information content (AvgIpc) is 2.48. The molecule has 0 spiro atoms. The maximum atomic E-state index is 5.98. The molecule has 1 saturated heterocycles. The van der Waals surface area contributed by atoms with Crippen LogP contribution in [0.3, 0.4) is 0 Å². The summed E-state index contributed by atoms with van der Waals surface area (Å²) in [4.78, 5) is 6.40. The minimum absolute atomic E-state index is 0.326. The molecule has 0 radical (unpaired) electrons. The smallest absolute Gasteiger partial charge is 0.398 e. The Labute approximate surface area is 109 Å². The average molecular weight is 248 g/mol. The van der Waals surface area contributed by atoms with Crippen LogP contribution in [0.25, 0.3) is 0 Å². The SMILES string of the molecule is CN(C)c1ccnc(B2OC(C)(C)C(C)(C)O2)c1. The topological polar surface area (TPSA) is 34.6 Å². The molecule has 0 aliphatic carbocycles. The van der Waals surface area contributed by atoms with Crippen molar-refractivity contribution in [2.24, 2.45) is 0 Å². The van der Waals surface area contributed by atoms with E-state index in [1.165, 1.54) is 0 Å². The first-order valence-electron chi connectivity index (χ1n) is 6.22. The van der Waals surface area contributed by atoms with Crippen molar-refractivity contribution in [3.05, 3.63) is 18.3 Å². The monoisotopic (exact) mass is 248 g/mol. The Morgan fingerprint density at radius 1 is 1.11 bits per heavy atom. The predicted molar refractivity (Wildman–Crippen MR) is 74.3 cm³/mol. The predicted octanol–water partition coefficient (Wildman–Crippen LogP) is 1.45. The molecular formula is C13H21BN2O2. The van der Waals surface area contributed by atoms with Crippen LogP contribution in [0.2, 0.25) is 0 Å². The van der Waals surface area contributed by atoms with Gasteiger partial charge in [-0.2, -0.15) is 0 Å². The molecule has 1 fully saturated rings. The van der Waals surface area contributed by atoms with Gasteiger partial charge in [0.25, 0.3) is 0 Å². The third-order valence-electron chi connectivity index (χ3n) is 3.78. The Kier molecular flexibility index (Phi) is 3.15. The van der Waals surface area contributed by atoms with E-state index in [9.17, 15) is 0 Å². The van der Waals surface area contributed by atoms with Crippen molar-refractivity contribution in [1.82, 2.24) is 4.98 Å². The summed E-state index contributed by atoms with van der Waals surface area (Å²) in [6.07, 6.45) is 1.79. The first kappa shape index (κ1) is 13.4. The Morgan fingerprint density at radius 3 is 2.17 bits per heavy atom. The second kappa shape index (κ2) is 4.25. The first-order valence-corrected chi connectivity index (χ1v) is 6.22. The Bertz CT molecular complexity index is 430. The van der Waals surface area contributed by atoms with E-state index >= 15 is 0 Å². The summed E-state index contributed by atoms with van der Waals surface area (Å²) in [5, 5.41) is 0. The highest BCUT2D eigenvalue weighted by Gasteiger charge is 2.52. The fourth-order valence-electron chi connectivity index (χ4n) is 1.81. The lowest BCUT2D eigenvalue weighted by Gasteiger charge is -2.32. The minimum atomic E-state index is -0.394. The van der Waals surface area contributed by atoms with Crippen molar-refractivity contribution in [2.45, 2.75) is 38.9 Å². The van der Waals surface area contributed by atoms with Gasteiger partial charge in [-0.05, 0) is 39.8 Å². The van der Waals surface area contributed by atoms with Crippen molar-refractivity contribution in [1.29, 1.82) is 0 Å². The lowest BCUT2D eigenvalue weighted by atomic mass is 9.84. The number of hydrogen-bond acceptors (Lipinski definition) is 4. The van der Waals surface area contributed by atoms with Gasteiger partial charge in [-0.1, -0.05) is 0 Å². The van der Waals surface area contributed by atoms with Crippen molar-refractivity contribution < 1.29 is 9.31 Å². The zero-order valence-electron chi connectivity index (χ0n) is 12.0. The maximum absolute atomic E-state index is 5.98. The second-order valence-corrected chi connectivity index (χ2v) is 5.92. The molecule has 2 rings (SSSR count). The van der Waals surface area contributed by atoms with Gasteiger partial charge < -0.3 is 14.2 Å². The number of hydrogen-bond donors (Lipinski definition) is 0. The van der Waals surface area contributed by atoms with Crippen LogP contribution in [-0.4, -0.2) is 37.4 Å². The van der Waals surface area contributed by atoms with Crippen LogP contribution in [0, 0.1) is 0 Å². The Balaban J connectivity index is 2.27. The number of nitrogens with zero attached hydrogens (tertiary/aromatic N) is 2. The van der Waals surface area contributed by atoms with E-state index in [0.717, 1.165) is 11.3 Å². The molecule has 0 saturated carbocycles. The quantitative estimate of drug-likeness (QED) is 0.742. The van der Waals surface area contributed by atoms with E-state index in [2.05, 4.69) is 4.98 Å². The molecule has 0 atom stereocenters. The van der Waals surface area contributed by atoms with Crippen molar-refractivity contribution in [3.8, 4) is 0 Å². The van der Waals surface area contributed by atoms with Gasteiger partial charge >= 0.3 is 7.12 Å². The summed E-state index contributed by atoms with van der Waals surface area (Å²) < 4.78 is 12.0. The Morgan fingerprint density at radius 2 is 1.67 bits per heavy atom. The molecule has 98 valence electrons. The summed E-state index contributed by atoms with van der Waals surface area (Å²) in [6.45, 7) is 8.18. The van der Waals surface area contributed by atoms with Crippen LogP contribution < -0.4 is 10.5 Å². The summed E-state index contributed by atoms with van der Waals surface area (Å²) in [7, 11) is 3.61. The molecule has 1 aromatic rings. The third kappa shape index (κ3) is 2.25. The molecule has 1 aliphatic rings. The van der Waals surface area contributed by atoms with Crippen LogP contribution in [0.15, 0.2) is 18.3 Å². The van der Waals surface area contributed by atoms with Crippen molar-refractivity contribution >= 4 is 18.4 Å². The number of anilines is 1. The van der Waals surface area contributed by atoms with E-state index in [-0.39, 0.29) is 11.2 Å². The second-order valence-electron chi connectivity index (χ2n) is 5.92. The van der Waals surface area contributed by atoms with E-state index in [0.29, 0.717) is 0 Å². The highest BCUT2D eigenvalue weighted by Crippen LogP contribution is 2.36. The van der Waals surface area contributed by atoms with E-state index in [1.54, 1.807) is 6.20 Å². The van der Waals surface area contributed by atoms with Gasteiger partial charge in [0, 0.05) is 26.0 Å². The fourth-order valence-corrected chi connectivity index (χ4v) is 1.81. The third-order valence-corrected chi connectivity index (χ3v) is 3.78. The van der Waals surface area contributed by atoms with Gasteiger partial charge in [-0.3, -0.25) is 4.98 Å². The highest BCUT2D eigenvalue weighted by atomic mass is 16.7. The molecule has 5 heteroatoms. The number of rotatable bonds is 2. The molecule has 0 aromatic carbocycles. The van der Waals surface area contributed by atoms with Crippen LogP contribution in [-0.2, 0) is 9.31 Å². The zero-order valence-corrected chi connectivity index (χ0v) is 12.0. The van der Waals surface area contributed by atoms with Crippen molar-refractivity contribution in [2.75, 3.05) is 19.0 Å². The van der Waals surface area contributed by atoms with Gasteiger partial charge in [-0.15, -0.1) is 0 Å². The van der Waals surface area contributed by atoms with E-state index < -0.39 is 7.12 Å². The van der Waals surface area contributed by atoms with Gasteiger partial charge in [0.2, 0.25) is 0 Å². The molecule has 0 unspecified atom stereocenters. The van der Waals surface area contributed by atoms with Crippen LogP contribution in [0.4, 0.5) is 5.69 Å². The summed E-state index contributed by atoms with van der Waals surface area (Å²) in [5.74, 6) is 0.